The van der Waals surface area contributed by atoms with E-state index < -0.39 is 23.6 Å². The Morgan fingerprint density at radius 1 is 1.35 bits per heavy atom. The van der Waals surface area contributed by atoms with Crippen LogP contribution in [0, 0.1) is 0 Å². The molecule has 0 amide bonds. The molecule has 3 N–H and O–H groups in total. The van der Waals surface area contributed by atoms with E-state index in [2.05, 4.69) is 0 Å². The van der Waals surface area contributed by atoms with Gasteiger partial charge in [-0.3, -0.25) is 0 Å². The van der Waals surface area contributed by atoms with E-state index in [0.717, 1.165) is 5.56 Å². The molecule has 6 heteroatoms. The van der Waals surface area contributed by atoms with Gasteiger partial charge in [0, 0.05) is 13.5 Å². The Morgan fingerprint density at radius 3 is 2.70 bits per heavy atom. The van der Waals surface area contributed by atoms with E-state index in [1.165, 1.54) is 7.11 Å². The van der Waals surface area contributed by atoms with E-state index in [0.29, 0.717) is 6.42 Å². The van der Waals surface area contributed by atoms with Gasteiger partial charge in [0.2, 0.25) is 5.79 Å². The van der Waals surface area contributed by atoms with E-state index in [9.17, 15) is 15.3 Å². The van der Waals surface area contributed by atoms with Gasteiger partial charge in [-0.1, -0.05) is 12.1 Å². The van der Waals surface area contributed by atoms with Crippen molar-refractivity contribution < 1.29 is 29.5 Å². The molecule has 2 fully saturated rings. The van der Waals surface area contributed by atoms with Crippen LogP contribution in [0.1, 0.15) is 5.56 Å². The Labute approximate surface area is 116 Å². The quantitative estimate of drug-likeness (QED) is 0.711. The van der Waals surface area contributed by atoms with Gasteiger partial charge >= 0.3 is 0 Å². The molecule has 3 rings (SSSR count). The van der Waals surface area contributed by atoms with Crippen molar-refractivity contribution in [1.29, 1.82) is 0 Å². The first-order valence-electron chi connectivity index (χ1n) is 6.50. The zero-order valence-corrected chi connectivity index (χ0v) is 11.2. The van der Waals surface area contributed by atoms with Crippen molar-refractivity contribution in [3.8, 4) is 5.75 Å². The SMILES string of the molecule is CO[C@]1(Cc2ccc(O)cc2)CO[C@@H]2[C@@H](O)CO[C@@]21O. The van der Waals surface area contributed by atoms with E-state index in [-0.39, 0.29) is 19.0 Å². The summed E-state index contributed by atoms with van der Waals surface area (Å²) < 4.78 is 16.4. The third kappa shape index (κ3) is 1.84. The van der Waals surface area contributed by atoms with Crippen molar-refractivity contribution in [1.82, 2.24) is 0 Å². The topological polar surface area (TPSA) is 88.4 Å². The number of aliphatic hydroxyl groups is 2. The molecule has 0 radical (unpaired) electrons. The molecule has 0 aliphatic carbocycles. The molecule has 0 bridgehead atoms. The average molecular weight is 282 g/mol. The fraction of sp³-hybridized carbons (Fsp3) is 0.571. The van der Waals surface area contributed by atoms with Gasteiger partial charge in [-0.05, 0) is 17.7 Å². The number of phenolic OH excluding ortho intramolecular Hbond substituents is 1. The van der Waals surface area contributed by atoms with Gasteiger partial charge in [0.25, 0.3) is 0 Å². The summed E-state index contributed by atoms with van der Waals surface area (Å²) >= 11 is 0. The van der Waals surface area contributed by atoms with Gasteiger partial charge < -0.3 is 29.5 Å². The summed E-state index contributed by atoms with van der Waals surface area (Å²) in [7, 11) is 1.48. The lowest BCUT2D eigenvalue weighted by Crippen LogP contribution is -2.59. The van der Waals surface area contributed by atoms with Crippen LogP contribution in [0.2, 0.25) is 0 Å². The molecule has 1 aromatic carbocycles. The third-order valence-corrected chi connectivity index (χ3v) is 4.17. The van der Waals surface area contributed by atoms with Gasteiger partial charge in [0.05, 0.1) is 13.2 Å². The van der Waals surface area contributed by atoms with Crippen LogP contribution in [-0.4, -0.2) is 59.2 Å². The van der Waals surface area contributed by atoms with Gasteiger partial charge in [-0.15, -0.1) is 0 Å². The molecule has 2 saturated heterocycles. The molecule has 0 unspecified atom stereocenters. The Bertz CT molecular complexity index is 489. The second-order valence-electron chi connectivity index (χ2n) is 5.35. The van der Waals surface area contributed by atoms with Crippen molar-refractivity contribution in [3.63, 3.8) is 0 Å². The summed E-state index contributed by atoms with van der Waals surface area (Å²) in [5.74, 6) is -1.49. The molecule has 20 heavy (non-hydrogen) atoms. The van der Waals surface area contributed by atoms with Crippen LogP contribution in [0.3, 0.4) is 0 Å². The minimum absolute atomic E-state index is 0.0157. The van der Waals surface area contributed by atoms with E-state index in [1.54, 1.807) is 24.3 Å². The molecular weight excluding hydrogens is 264 g/mol. The Hall–Kier alpha value is -1.18. The second kappa shape index (κ2) is 4.68. The van der Waals surface area contributed by atoms with Crippen molar-refractivity contribution in [2.45, 2.75) is 30.0 Å². The summed E-state index contributed by atoms with van der Waals surface area (Å²) in [5.41, 5.74) is -0.209. The predicted octanol–water partition coefficient (Wildman–Crippen LogP) is -0.202. The van der Waals surface area contributed by atoms with Crippen LogP contribution in [0.15, 0.2) is 24.3 Å². The monoisotopic (exact) mass is 282 g/mol. The lowest BCUT2D eigenvalue weighted by Gasteiger charge is -2.38. The van der Waals surface area contributed by atoms with Crippen LogP contribution < -0.4 is 0 Å². The number of benzene rings is 1. The zero-order valence-electron chi connectivity index (χ0n) is 11.2. The van der Waals surface area contributed by atoms with Gasteiger partial charge in [-0.25, -0.2) is 0 Å². The lowest BCUT2D eigenvalue weighted by atomic mass is 9.85. The maximum atomic E-state index is 10.7. The van der Waals surface area contributed by atoms with Crippen molar-refractivity contribution in [2.75, 3.05) is 20.3 Å². The first kappa shape index (κ1) is 13.8. The second-order valence-corrected chi connectivity index (χ2v) is 5.35. The molecule has 6 nitrogen and oxygen atoms in total. The van der Waals surface area contributed by atoms with Gasteiger partial charge in [-0.2, -0.15) is 0 Å². The molecule has 2 aliphatic heterocycles. The molecule has 0 spiro atoms. The number of aromatic hydroxyl groups is 1. The van der Waals surface area contributed by atoms with Crippen molar-refractivity contribution >= 4 is 0 Å². The summed E-state index contributed by atoms with van der Waals surface area (Å²) in [6, 6.07) is 6.64. The highest BCUT2D eigenvalue weighted by atomic mass is 16.7. The largest absolute Gasteiger partial charge is 0.508 e. The number of aliphatic hydroxyl groups excluding tert-OH is 1. The fourth-order valence-electron chi connectivity index (χ4n) is 2.98. The minimum Gasteiger partial charge on any atom is -0.508 e. The smallest absolute Gasteiger partial charge is 0.227 e. The maximum Gasteiger partial charge on any atom is 0.227 e. The molecule has 0 aromatic heterocycles. The maximum absolute atomic E-state index is 10.7. The first-order valence-corrected chi connectivity index (χ1v) is 6.50. The molecule has 0 saturated carbocycles. The van der Waals surface area contributed by atoms with Crippen LogP contribution in [-0.2, 0) is 20.6 Å². The highest BCUT2D eigenvalue weighted by Gasteiger charge is 2.68. The predicted molar refractivity (Wildman–Crippen MR) is 68.2 cm³/mol. The lowest BCUT2D eigenvalue weighted by molar-refractivity contribution is -0.271. The van der Waals surface area contributed by atoms with Crippen LogP contribution >= 0.6 is 0 Å². The summed E-state index contributed by atoms with van der Waals surface area (Å²) in [6.45, 7) is 0.143. The molecule has 2 heterocycles. The Morgan fingerprint density at radius 2 is 2.05 bits per heavy atom. The molecule has 4 atom stereocenters. The summed E-state index contributed by atoms with van der Waals surface area (Å²) in [4.78, 5) is 0. The molecule has 2 aliphatic rings. The third-order valence-electron chi connectivity index (χ3n) is 4.17. The number of rotatable bonds is 3. The van der Waals surface area contributed by atoms with Crippen LogP contribution in [0.5, 0.6) is 5.75 Å². The minimum atomic E-state index is -1.67. The van der Waals surface area contributed by atoms with E-state index >= 15 is 0 Å². The van der Waals surface area contributed by atoms with Crippen LogP contribution in [0.4, 0.5) is 0 Å². The Kier molecular flexibility index (Phi) is 3.23. The van der Waals surface area contributed by atoms with Crippen molar-refractivity contribution in [3.05, 3.63) is 29.8 Å². The number of ether oxygens (including phenoxy) is 3. The molecule has 1 aromatic rings. The van der Waals surface area contributed by atoms with Gasteiger partial charge in [0.1, 0.15) is 18.0 Å². The highest BCUT2D eigenvalue weighted by molar-refractivity contribution is 5.28. The summed E-state index contributed by atoms with van der Waals surface area (Å²) in [5, 5.41) is 29.9. The number of fused-ring (bicyclic) bond motifs is 1. The van der Waals surface area contributed by atoms with Crippen molar-refractivity contribution in [2.24, 2.45) is 0 Å². The Balaban J connectivity index is 1.90. The molecule has 110 valence electrons. The molecular formula is C14H18O6. The number of hydrogen-bond acceptors (Lipinski definition) is 6. The standard InChI is InChI=1S/C14H18O6/c1-18-13(6-9-2-4-10(15)5-3-9)8-19-12-11(16)7-20-14(12,13)17/h2-5,11-12,15-17H,6-8H2,1H3/t11-,12+,13+,14-/m0/s1. The normalized spacial score (nSPS) is 40.0. The zero-order chi connectivity index (χ0) is 14.4. The number of hydrogen-bond donors (Lipinski definition) is 3. The fourth-order valence-corrected chi connectivity index (χ4v) is 2.98. The van der Waals surface area contributed by atoms with Crippen LogP contribution in [0.25, 0.3) is 0 Å². The van der Waals surface area contributed by atoms with E-state index in [4.69, 9.17) is 14.2 Å². The number of methoxy groups -OCH3 is 1. The van der Waals surface area contributed by atoms with Gasteiger partial charge in [0.15, 0.2) is 5.60 Å². The highest BCUT2D eigenvalue weighted by Crippen LogP contribution is 2.45. The average Bonchev–Trinajstić information content (AvgIpc) is 2.89. The number of phenols is 1. The first-order chi connectivity index (χ1) is 9.51. The van der Waals surface area contributed by atoms with E-state index in [1.807, 2.05) is 0 Å². The summed E-state index contributed by atoms with van der Waals surface area (Å²) in [6.07, 6.45) is -1.32.